The van der Waals surface area contributed by atoms with Gasteiger partial charge in [0.05, 0.1) is 22.1 Å². The van der Waals surface area contributed by atoms with Gasteiger partial charge in [-0.1, -0.05) is 170 Å². The van der Waals surface area contributed by atoms with Crippen LogP contribution in [-0.2, 0) is 0 Å². The monoisotopic (exact) mass is 712 g/mol. The Morgan fingerprint density at radius 3 is 1.05 bits per heavy atom. The zero-order valence-corrected chi connectivity index (χ0v) is 30.7. The third-order valence-corrected chi connectivity index (χ3v) is 11.3. The SMILES string of the molecule is c1ccc(-c2ccc(-c3cccc(-n4c5ccccc5c5c(-c6cccc7c6c6ccccc6n7-c6cccc(-c7ccccc7)c6)cccc54)c3)cc2)cc1. The molecule has 9 aromatic carbocycles. The van der Waals surface area contributed by atoms with Gasteiger partial charge < -0.3 is 9.13 Å². The molecular formula is C54H36N2. The molecule has 0 unspecified atom stereocenters. The molecule has 0 radical (unpaired) electrons. The van der Waals surface area contributed by atoms with E-state index >= 15 is 0 Å². The third kappa shape index (κ3) is 5.19. The van der Waals surface area contributed by atoms with Crippen LogP contribution in [0.1, 0.15) is 0 Å². The highest BCUT2D eigenvalue weighted by atomic mass is 15.0. The summed E-state index contributed by atoms with van der Waals surface area (Å²) in [5.74, 6) is 0. The van der Waals surface area contributed by atoms with Crippen LogP contribution in [0.4, 0.5) is 0 Å². The predicted molar refractivity (Wildman–Crippen MR) is 237 cm³/mol. The molecule has 2 heterocycles. The summed E-state index contributed by atoms with van der Waals surface area (Å²) in [6, 6.07) is 79.3. The van der Waals surface area contributed by atoms with Gasteiger partial charge in [0.25, 0.3) is 0 Å². The first-order chi connectivity index (χ1) is 27.8. The number of rotatable bonds is 6. The lowest BCUT2D eigenvalue weighted by Crippen LogP contribution is -1.95. The van der Waals surface area contributed by atoms with E-state index in [4.69, 9.17) is 0 Å². The molecule has 0 amide bonds. The van der Waals surface area contributed by atoms with Crippen molar-refractivity contribution < 1.29 is 0 Å². The van der Waals surface area contributed by atoms with Crippen LogP contribution in [0.3, 0.4) is 0 Å². The second kappa shape index (κ2) is 13.2. The van der Waals surface area contributed by atoms with Crippen molar-refractivity contribution in [3.8, 4) is 55.9 Å². The number of nitrogens with zero attached hydrogens (tertiary/aromatic N) is 2. The summed E-state index contributed by atoms with van der Waals surface area (Å²) in [4.78, 5) is 0. The Balaban J connectivity index is 1.09. The highest BCUT2D eigenvalue weighted by molar-refractivity contribution is 6.22. The maximum Gasteiger partial charge on any atom is 0.0547 e. The van der Waals surface area contributed by atoms with Crippen molar-refractivity contribution in [2.75, 3.05) is 0 Å². The zero-order chi connectivity index (χ0) is 37.0. The Bertz CT molecular complexity index is 3220. The molecular weight excluding hydrogens is 677 g/mol. The molecule has 0 fully saturated rings. The summed E-state index contributed by atoms with van der Waals surface area (Å²) >= 11 is 0. The number of aromatic nitrogens is 2. The van der Waals surface area contributed by atoms with Crippen LogP contribution < -0.4 is 0 Å². The van der Waals surface area contributed by atoms with Gasteiger partial charge in [-0.05, 0) is 93.0 Å². The molecule has 0 aliphatic heterocycles. The number of fused-ring (bicyclic) bond motifs is 6. The van der Waals surface area contributed by atoms with Crippen LogP contribution in [-0.4, -0.2) is 9.13 Å². The molecule has 11 rings (SSSR count). The summed E-state index contributed by atoms with van der Waals surface area (Å²) in [5, 5.41) is 5.01. The number of hydrogen-bond donors (Lipinski definition) is 0. The molecule has 0 bridgehead atoms. The Kier molecular flexibility index (Phi) is 7.53. The second-order valence-electron chi connectivity index (χ2n) is 14.5. The largest absolute Gasteiger partial charge is 0.309 e. The molecule has 0 aliphatic carbocycles. The van der Waals surface area contributed by atoms with Crippen molar-refractivity contribution in [1.82, 2.24) is 9.13 Å². The minimum atomic E-state index is 1.14. The van der Waals surface area contributed by atoms with E-state index in [1.54, 1.807) is 0 Å². The molecule has 0 aliphatic rings. The lowest BCUT2D eigenvalue weighted by molar-refractivity contribution is 1.18. The van der Waals surface area contributed by atoms with Gasteiger partial charge in [0.2, 0.25) is 0 Å². The van der Waals surface area contributed by atoms with Gasteiger partial charge in [0, 0.05) is 32.9 Å². The Morgan fingerprint density at radius 1 is 0.232 bits per heavy atom. The fraction of sp³-hybridized carbons (Fsp3) is 0. The highest BCUT2D eigenvalue weighted by Crippen LogP contribution is 2.44. The first-order valence-corrected chi connectivity index (χ1v) is 19.3. The maximum atomic E-state index is 2.44. The second-order valence-corrected chi connectivity index (χ2v) is 14.5. The van der Waals surface area contributed by atoms with E-state index in [9.17, 15) is 0 Å². The van der Waals surface area contributed by atoms with Crippen molar-refractivity contribution in [3.63, 3.8) is 0 Å². The first-order valence-electron chi connectivity index (χ1n) is 19.3. The van der Waals surface area contributed by atoms with Crippen LogP contribution in [0.15, 0.2) is 218 Å². The summed E-state index contributed by atoms with van der Waals surface area (Å²) in [6.45, 7) is 0. The van der Waals surface area contributed by atoms with Crippen molar-refractivity contribution in [3.05, 3.63) is 218 Å². The summed E-state index contributed by atoms with van der Waals surface area (Å²) < 4.78 is 4.87. The molecule has 11 aromatic rings. The molecule has 0 saturated heterocycles. The average Bonchev–Trinajstić information content (AvgIpc) is 3.81. The van der Waals surface area contributed by atoms with Crippen LogP contribution in [0.5, 0.6) is 0 Å². The number of hydrogen-bond acceptors (Lipinski definition) is 0. The maximum absolute atomic E-state index is 2.44. The lowest BCUT2D eigenvalue weighted by atomic mass is 9.95. The highest BCUT2D eigenvalue weighted by Gasteiger charge is 2.21. The lowest BCUT2D eigenvalue weighted by Gasteiger charge is -2.12. The van der Waals surface area contributed by atoms with Crippen LogP contribution >= 0.6 is 0 Å². The zero-order valence-electron chi connectivity index (χ0n) is 30.7. The Labute approximate surface area is 325 Å². The summed E-state index contributed by atoms with van der Waals surface area (Å²) in [5.41, 5.74) is 16.8. The van der Waals surface area contributed by atoms with Crippen LogP contribution in [0.25, 0.3) is 99.5 Å². The van der Waals surface area contributed by atoms with E-state index in [1.807, 2.05) is 0 Å². The van der Waals surface area contributed by atoms with E-state index in [2.05, 4.69) is 228 Å². The molecule has 262 valence electrons. The Hall–Kier alpha value is -7.42. The number of para-hydroxylation sites is 2. The molecule has 0 spiro atoms. The van der Waals surface area contributed by atoms with Crippen molar-refractivity contribution >= 4 is 43.6 Å². The quantitative estimate of drug-likeness (QED) is 0.162. The van der Waals surface area contributed by atoms with Gasteiger partial charge in [-0.15, -0.1) is 0 Å². The third-order valence-electron chi connectivity index (χ3n) is 11.3. The average molecular weight is 713 g/mol. The smallest absolute Gasteiger partial charge is 0.0547 e. The molecule has 2 aromatic heterocycles. The fourth-order valence-electron chi connectivity index (χ4n) is 8.81. The molecule has 2 nitrogen and oxygen atoms in total. The molecule has 0 atom stereocenters. The molecule has 0 saturated carbocycles. The molecule has 2 heteroatoms. The summed E-state index contributed by atoms with van der Waals surface area (Å²) in [6.07, 6.45) is 0. The number of benzene rings is 9. The van der Waals surface area contributed by atoms with Gasteiger partial charge in [-0.25, -0.2) is 0 Å². The van der Waals surface area contributed by atoms with Gasteiger partial charge in [0.15, 0.2) is 0 Å². The van der Waals surface area contributed by atoms with Crippen molar-refractivity contribution in [2.45, 2.75) is 0 Å². The van der Waals surface area contributed by atoms with Gasteiger partial charge in [-0.2, -0.15) is 0 Å². The van der Waals surface area contributed by atoms with Crippen molar-refractivity contribution in [1.29, 1.82) is 0 Å². The van der Waals surface area contributed by atoms with E-state index in [1.165, 1.54) is 88.1 Å². The molecule has 56 heavy (non-hydrogen) atoms. The minimum Gasteiger partial charge on any atom is -0.309 e. The fourth-order valence-corrected chi connectivity index (χ4v) is 8.81. The van der Waals surface area contributed by atoms with Gasteiger partial charge in [0.1, 0.15) is 0 Å². The molecule has 0 N–H and O–H groups in total. The van der Waals surface area contributed by atoms with E-state index in [0.29, 0.717) is 0 Å². The first kappa shape index (κ1) is 32.0. The van der Waals surface area contributed by atoms with Crippen LogP contribution in [0, 0.1) is 0 Å². The van der Waals surface area contributed by atoms with E-state index in [-0.39, 0.29) is 0 Å². The predicted octanol–water partition coefficient (Wildman–Crippen LogP) is 14.5. The van der Waals surface area contributed by atoms with Gasteiger partial charge in [-0.3, -0.25) is 0 Å². The van der Waals surface area contributed by atoms with Crippen LogP contribution in [0.2, 0.25) is 0 Å². The summed E-state index contributed by atoms with van der Waals surface area (Å²) in [7, 11) is 0. The Morgan fingerprint density at radius 2 is 0.571 bits per heavy atom. The van der Waals surface area contributed by atoms with E-state index < -0.39 is 0 Å². The van der Waals surface area contributed by atoms with E-state index in [0.717, 1.165) is 11.4 Å². The minimum absolute atomic E-state index is 1.14. The van der Waals surface area contributed by atoms with Crippen molar-refractivity contribution in [2.24, 2.45) is 0 Å². The topological polar surface area (TPSA) is 9.86 Å². The normalized spacial score (nSPS) is 11.6. The van der Waals surface area contributed by atoms with Gasteiger partial charge >= 0.3 is 0 Å². The standard InChI is InChI=1S/C54H36N2/c1-3-15-37(16-4-1)39-31-33-40(34-32-39)42-20-12-22-44(36-42)56-50-28-10-8-24-48(50)54-46(26-14-30-52(54)56)45-25-13-29-51-53(45)47-23-7-9-27-49(47)55(51)43-21-11-19-41(35-43)38-17-5-2-6-18-38/h1-36H.